The van der Waals surface area contributed by atoms with Crippen molar-refractivity contribution in [1.82, 2.24) is 15.0 Å². The Kier molecular flexibility index (Phi) is 4.13. The summed E-state index contributed by atoms with van der Waals surface area (Å²) in [4.78, 5) is 26.9. The van der Waals surface area contributed by atoms with Gasteiger partial charge in [-0.3, -0.25) is 4.79 Å². The van der Waals surface area contributed by atoms with Gasteiger partial charge in [0, 0.05) is 30.9 Å². The summed E-state index contributed by atoms with van der Waals surface area (Å²) < 4.78 is 5.01. The van der Waals surface area contributed by atoms with Crippen LogP contribution >= 0.6 is 0 Å². The van der Waals surface area contributed by atoms with E-state index in [0.29, 0.717) is 23.1 Å². The molecule has 0 saturated carbocycles. The fourth-order valence-electron chi connectivity index (χ4n) is 2.33. The summed E-state index contributed by atoms with van der Waals surface area (Å²) in [6.45, 7) is 1.98. The number of nitrogens with one attached hydrogen (secondary N) is 1. The number of anilines is 2. The van der Waals surface area contributed by atoms with E-state index in [1.165, 1.54) is 26.1 Å². The third kappa shape index (κ3) is 3.13. The molecule has 3 heterocycles. The minimum Gasteiger partial charge on any atom is -0.481 e. The van der Waals surface area contributed by atoms with Crippen molar-refractivity contribution in [2.24, 2.45) is 0 Å². The zero-order valence-electron chi connectivity index (χ0n) is 12.3. The fraction of sp³-hybridized carbons (Fsp3) is 0.333. The molecule has 1 N–H and O–H groups in total. The largest absolute Gasteiger partial charge is 0.481 e. The van der Waals surface area contributed by atoms with Crippen LogP contribution in [0.2, 0.25) is 0 Å². The van der Waals surface area contributed by atoms with Gasteiger partial charge in [0.15, 0.2) is 0 Å². The molecule has 0 unspecified atom stereocenters. The van der Waals surface area contributed by atoms with E-state index in [9.17, 15) is 4.79 Å². The SMILES string of the molecule is COc1cc(C(=O)Nc2cnc(N3CCCC3)nc2)ccn1. The molecule has 22 heavy (non-hydrogen) atoms. The predicted molar refractivity (Wildman–Crippen MR) is 82.2 cm³/mol. The monoisotopic (exact) mass is 299 g/mol. The lowest BCUT2D eigenvalue weighted by atomic mass is 10.2. The number of carbonyl (C=O) groups is 1. The van der Waals surface area contributed by atoms with Gasteiger partial charge in [0.2, 0.25) is 11.8 Å². The van der Waals surface area contributed by atoms with E-state index in [2.05, 4.69) is 25.2 Å². The van der Waals surface area contributed by atoms with Crippen LogP contribution in [0.1, 0.15) is 23.2 Å². The van der Waals surface area contributed by atoms with Gasteiger partial charge >= 0.3 is 0 Å². The number of hydrogen-bond donors (Lipinski definition) is 1. The van der Waals surface area contributed by atoms with Gasteiger partial charge in [0.05, 0.1) is 25.2 Å². The molecular formula is C15H17N5O2. The highest BCUT2D eigenvalue weighted by atomic mass is 16.5. The molecular weight excluding hydrogens is 282 g/mol. The molecule has 0 atom stereocenters. The summed E-state index contributed by atoms with van der Waals surface area (Å²) in [6.07, 6.45) is 7.12. The molecule has 7 heteroatoms. The molecule has 3 rings (SSSR count). The second kappa shape index (κ2) is 6.38. The summed E-state index contributed by atoms with van der Waals surface area (Å²) in [6, 6.07) is 3.20. The van der Waals surface area contributed by atoms with Crippen LogP contribution in [-0.2, 0) is 0 Å². The van der Waals surface area contributed by atoms with Gasteiger partial charge in [-0.1, -0.05) is 0 Å². The lowest BCUT2D eigenvalue weighted by Crippen LogP contribution is -2.20. The molecule has 7 nitrogen and oxygen atoms in total. The molecule has 0 bridgehead atoms. The Hall–Kier alpha value is -2.70. The van der Waals surface area contributed by atoms with Crippen molar-refractivity contribution in [3.8, 4) is 5.88 Å². The van der Waals surface area contributed by atoms with Crippen LogP contribution < -0.4 is 15.0 Å². The first-order valence-electron chi connectivity index (χ1n) is 7.14. The number of carbonyl (C=O) groups excluding carboxylic acids is 1. The van der Waals surface area contributed by atoms with Gasteiger partial charge in [-0.2, -0.15) is 0 Å². The smallest absolute Gasteiger partial charge is 0.255 e. The normalized spacial score (nSPS) is 14.0. The topological polar surface area (TPSA) is 80.2 Å². The third-order valence-electron chi connectivity index (χ3n) is 3.49. The Morgan fingerprint density at radius 3 is 2.64 bits per heavy atom. The van der Waals surface area contributed by atoms with Crippen molar-refractivity contribution >= 4 is 17.5 Å². The van der Waals surface area contributed by atoms with E-state index >= 15 is 0 Å². The summed E-state index contributed by atoms with van der Waals surface area (Å²) in [5.74, 6) is 0.854. The molecule has 1 fully saturated rings. The maximum absolute atomic E-state index is 12.2. The standard InChI is InChI=1S/C15H17N5O2/c1-22-13-8-11(4-5-16-13)14(21)19-12-9-17-15(18-10-12)20-6-2-3-7-20/h4-5,8-10H,2-3,6-7H2,1H3,(H,19,21). The molecule has 1 aliphatic heterocycles. The van der Waals surface area contributed by atoms with Crippen LogP contribution in [0.25, 0.3) is 0 Å². The second-order valence-electron chi connectivity index (χ2n) is 5.01. The van der Waals surface area contributed by atoms with Crippen molar-refractivity contribution < 1.29 is 9.53 Å². The Morgan fingerprint density at radius 2 is 1.95 bits per heavy atom. The number of hydrogen-bond acceptors (Lipinski definition) is 6. The number of nitrogens with zero attached hydrogens (tertiary/aromatic N) is 4. The van der Waals surface area contributed by atoms with Gasteiger partial charge in [-0.25, -0.2) is 15.0 Å². The molecule has 114 valence electrons. The molecule has 0 aromatic carbocycles. The van der Waals surface area contributed by atoms with Crippen LogP contribution in [0.5, 0.6) is 5.88 Å². The fourth-order valence-corrected chi connectivity index (χ4v) is 2.33. The Balaban J connectivity index is 1.68. The van der Waals surface area contributed by atoms with Crippen LogP contribution in [0, 0.1) is 0 Å². The molecule has 0 radical (unpaired) electrons. The van der Waals surface area contributed by atoms with Gasteiger partial charge in [0.1, 0.15) is 0 Å². The highest BCUT2D eigenvalue weighted by molar-refractivity contribution is 6.04. The Morgan fingerprint density at radius 1 is 1.23 bits per heavy atom. The average molecular weight is 299 g/mol. The summed E-state index contributed by atoms with van der Waals surface area (Å²) in [5, 5.41) is 2.76. The first-order chi connectivity index (χ1) is 10.8. The van der Waals surface area contributed by atoms with Crippen LogP contribution in [0.3, 0.4) is 0 Å². The molecule has 1 amide bonds. The average Bonchev–Trinajstić information content (AvgIpc) is 3.10. The summed E-state index contributed by atoms with van der Waals surface area (Å²) >= 11 is 0. The first kappa shape index (κ1) is 14.2. The molecule has 2 aromatic heterocycles. The van der Waals surface area contributed by atoms with Crippen molar-refractivity contribution in [2.45, 2.75) is 12.8 Å². The predicted octanol–water partition coefficient (Wildman–Crippen LogP) is 1.73. The van der Waals surface area contributed by atoms with Crippen LogP contribution in [0.15, 0.2) is 30.7 Å². The van der Waals surface area contributed by atoms with E-state index in [-0.39, 0.29) is 5.91 Å². The highest BCUT2D eigenvalue weighted by Crippen LogP contribution is 2.17. The Bertz CT molecular complexity index is 653. The van der Waals surface area contributed by atoms with E-state index < -0.39 is 0 Å². The van der Waals surface area contributed by atoms with Gasteiger partial charge in [-0.05, 0) is 18.9 Å². The maximum Gasteiger partial charge on any atom is 0.255 e. The number of amides is 1. The van der Waals surface area contributed by atoms with E-state index in [1.807, 2.05) is 0 Å². The van der Waals surface area contributed by atoms with Crippen molar-refractivity contribution in [3.63, 3.8) is 0 Å². The lowest BCUT2D eigenvalue weighted by Gasteiger charge is -2.14. The minimum absolute atomic E-state index is 0.252. The number of ether oxygens (including phenoxy) is 1. The summed E-state index contributed by atoms with van der Waals surface area (Å²) in [7, 11) is 1.51. The number of aromatic nitrogens is 3. The number of rotatable bonds is 4. The first-order valence-corrected chi connectivity index (χ1v) is 7.14. The zero-order valence-corrected chi connectivity index (χ0v) is 12.3. The van der Waals surface area contributed by atoms with E-state index in [1.54, 1.807) is 24.5 Å². The summed E-state index contributed by atoms with van der Waals surface area (Å²) in [5.41, 5.74) is 1.03. The van der Waals surface area contributed by atoms with Gasteiger partial charge in [0.25, 0.3) is 5.91 Å². The highest BCUT2D eigenvalue weighted by Gasteiger charge is 2.15. The minimum atomic E-state index is -0.252. The van der Waals surface area contributed by atoms with E-state index in [4.69, 9.17) is 4.74 Å². The quantitative estimate of drug-likeness (QED) is 0.926. The van der Waals surface area contributed by atoms with Crippen molar-refractivity contribution in [2.75, 3.05) is 30.4 Å². The molecule has 2 aromatic rings. The maximum atomic E-state index is 12.2. The number of methoxy groups -OCH3 is 1. The van der Waals surface area contributed by atoms with Gasteiger partial charge in [-0.15, -0.1) is 0 Å². The van der Waals surface area contributed by atoms with E-state index in [0.717, 1.165) is 13.1 Å². The van der Waals surface area contributed by atoms with Gasteiger partial charge < -0.3 is 15.0 Å². The third-order valence-corrected chi connectivity index (χ3v) is 3.49. The molecule has 1 aliphatic rings. The molecule has 0 spiro atoms. The molecule has 1 saturated heterocycles. The van der Waals surface area contributed by atoms with Crippen molar-refractivity contribution in [3.05, 3.63) is 36.3 Å². The Labute approximate surface area is 128 Å². The zero-order chi connectivity index (χ0) is 15.4. The second-order valence-corrected chi connectivity index (χ2v) is 5.01. The van der Waals surface area contributed by atoms with Crippen molar-refractivity contribution in [1.29, 1.82) is 0 Å². The van der Waals surface area contributed by atoms with Crippen LogP contribution in [-0.4, -0.2) is 41.1 Å². The lowest BCUT2D eigenvalue weighted by molar-refractivity contribution is 0.102. The van der Waals surface area contributed by atoms with Crippen LogP contribution in [0.4, 0.5) is 11.6 Å². The number of pyridine rings is 1. The molecule has 0 aliphatic carbocycles.